The number of carbonyl (C=O) groups is 1. The molecule has 1 N–H and O–H groups in total. The fourth-order valence-corrected chi connectivity index (χ4v) is 6.90. The second-order valence-corrected chi connectivity index (χ2v) is 11.4. The SMILES string of the molecule is O=C(N1CC2(CC(Cc3cncc(F)c3)C2)C1)N1CC2(CC(c3n[nH]c(C4CC4)n3)C2)C1. The molecule has 0 atom stereocenters. The monoisotopic (exact) mass is 436 g/mol. The van der Waals surface area contributed by atoms with Gasteiger partial charge in [0.15, 0.2) is 5.82 Å². The molecule has 2 aromatic rings. The Kier molecular flexibility index (Phi) is 3.87. The van der Waals surface area contributed by atoms with E-state index in [0.717, 1.165) is 75.5 Å². The summed E-state index contributed by atoms with van der Waals surface area (Å²) in [6, 6.07) is 1.81. The molecule has 0 unspecified atom stereocenters. The fraction of sp³-hybridized carbons (Fsp3) is 0.667. The number of carbonyl (C=O) groups excluding carboxylic acids is 1. The number of nitrogens with zero attached hydrogens (tertiary/aromatic N) is 5. The van der Waals surface area contributed by atoms with Crippen molar-refractivity contribution >= 4 is 6.03 Å². The van der Waals surface area contributed by atoms with Gasteiger partial charge >= 0.3 is 6.03 Å². The Labute approximate surface area is 186 Å². The van der Waals surface area contributed by atoms with E-state index in [9.17, 15) is 9.18 Å². The van der Waals surface area contributed by atoms with Crippen LogP contribution in [0.5, 0.6) is 0 Å². The highest BCUT2D eigenvalue weighted by molar-refractivity contribution is 5.77. The summed E-state index contributed by atoms with van der Waals surface area (Å²) in [5.41, 5.74) is 1.61. The molecule has 3 saturated carbocycles. The number of hydrogen-bond acceptors (Lipinski definition) is 4. The van der Waals surface area contributed by atoms with Gasteiger partial charge in [-0.3, -0.25) is 10.1 Å². The lowest BCUT2D eigenvalue weighted by Crippen LogP contribution is -2.70. The van der Waals surface area contributed by atoms with Gasteiger partial charge in [-0.2, -0.15) is 5.10 Å². The minimum atomic E-state index is -0.259. The van der Waals surface area contributed by atoms with E-state index in [1.54, 1.807) is 12.3 Å². The molecule has 0 bridgehead atoms. The molecule has 5 fully saturated rings. The molecule has 7 nitrogen and oxygen atoms in total. The van der Waals surface area contributed by atoms with Gasteiger partial charge in [0.25, 0.3) is 0 Å². The van der Waals surface area contributed by atoms with Crippen LogP contribution in [0.1, 0.15) is 67.6 Å². The number of H-pyrrole nitrogens is 1. The minimum Gasteiger partial charge on any atom is -0.323 e. The molecular formula is C24H29FN6O. The Morgan fingerprint density at radius 1 is 1.03 bits per heavy atom. The highest BCUT2D eigenvalue weighted by Gasteiger charge is 2.58. The number of rotatable bonds is 4. The molecule has 2 aliphatic heterocycles. The van der Waals surface area contributed by atoms with Crippen LogP contribution in [0.15, 0.2) is 18.5 Å². The summed E-state index contributed by atoms with van der Waals surface area (Å²) in [6.45, 7) is 3.55. The molecule has 3 aliphatic carbocycles. The van der Waals surface area contributed by atoms with Gasteiger partial charge in [-0.1, -0.05) is 0 Å². The van der Waals surface area contributed by atoms with Crippen molar-refractivity contribution in [3.05, 3.63) is 41.5 Å². The van der Waals surface area contributed by atoms with Gasteiger partial charge in [-0.05, 0) is 62.5 Å². The van der Waals surface area contributed by atoms with E-state index < -0.39 is 0 Å². The van der Waals surface area contributed by atoms with Gasteiger partial charge in [0, 0.05) is 55.0 Å². The van der Waals surface area contributed by atoms with Crippen LogP contribution in [-0.2, 0) is 6.42 Å². The lowest BCUT2D eigenvalue weighted by atomic mass is 9.56. The average Bonchev–Trinajstić information content (AvgIpc) is 3.38. The van der Waals surface area contributed by atoms with Crippen LogP contribution in [0.2, 0.25) is 0 Å². The predicted molar refractivity (Wildman–Crippen MR) is 114 cm³/mol. The van der Waals surface area contributed by atoms with Crippen molar-refractivity contribution in [3.63, 3.8) is 0 Å². The van der Waals surface area contributed by atoms with Gasteiger partial charge in [0.05, 0.1) is 6.20 Å². The predicted octanol–water partition coefficient (Wildman–Crippen LogP) is 3.47. The number of urea groups is 1. The summed E-state index contributed by atoms with van der Waals surface area (Å²) < 4.78 is 13.3. The normalized spacial score (nSPS) is 25.9. The van der Waals surface area contributed by atoms with E-state index >= 15 is 0 Å². The van der Waals surface area contributed by atoms with Gasteiger partial charge in [0.1, 0.15) is 11.6 Å². The van der Waals surface area contributed by atoms with Crippen molar-refractivity contribution in [1.29, 1.82) is 0 Å². The summed E-state index contributed by atoms with van der Waals surface area (Å²) in [7, 11) is 0. The first-order valence-corrected chi connectivity index (χ1v) is 12.0. The average molecular weight is 437 g/mol. The molecule has 2 amide bonds. The maximum atomic E-state index is 13.3. The van der Waals surface area contributed by atoms with Crippen molar-refractivity contribution in [2.24, 2.45) is 16.7 Å². The van der Waals surface area contributed by atoms with Crippen LogP contribution in [0.4, 0.5) is 9.18 Å². The van der Waals surface area contributed by atoms with Gasteiger partial charge in [-0.15, -0.1) is 0 Å². The zero-order valence-corrected chi connectivity index (χ0v) is 18.3. The highest BCUT2D eigenvalue weighted by Crippen LogP contribution is 2.57. The number of aromatic amines is 1. The van der Waals surface area contributed by atoms with E-state index in [1.165, 1.54) is 19.0 Å². The van der Waals surface area contributed by atoms with Crippen LogP contribution in [0.25, 0.3) is 0 Å². The van der Waals surface area contributed by atoms with E-state index in [1.807, 2.05) is 9.80 Å². The van der Waals surface area contributed by atoms with E-state index in [0.29, 0.717) is 28.6 Å². The summed E-state index contributed by atoms with van der Waals surface area (Å²) in [4.78, 5) is 25.6. The first kappa shape index (κ1) is 19.0. The molecule has 2 aromatic heterocycles. The van der Waals surface area contributed by atoms with E-state index in [2.05, 4.69) is 15.2 Å². The largest absolute Gasteiger partial charge is 0.323 e. The molecule has 4 heterocycles. The van der Waals surface area contributed by atoms with Crippen molar-refractivity contribution in [2.45, 2.75) is 56.8 Å². The lowest BCUT2D eigenvalue weighted by Gasteiger charge is -2.63. The van der Waals surface area contributed by atoms with Gasteiger partial charge < -0.3 is 9.80 Å². The van der Waals surface area contributed by atoms with E-state index in [-0.39, 0.29) is 11.8 Å². The summed E-state index contributed by atoms with van der Waals surface area (Å²) in [5, 5.41) is 7.57. The number of amides is 2. The maximum absolute atomic E-state index is 13.3. The lowest BCUT2D eigenvalue weighted by molar-refractivity contribution is -0.100. The number of nitrogens with one attached hydrogen (secondary N) is 1. The summed E-state index contributed by atoms with van der Waals surface area (Å²) >= 11 is 0. The first-order chi connectivity index (χ1) is 15.5. The fourth-order valence-electron chi connectivity index (χ4n) is 6.90. The van der Waals surface area contributed by atoms with Crippen molar-refractivity contribution < 1.29 is 9.18 Å². The molecule has 2 spiro atoms. The molecule has 168 valence electrons. The molecule has 0 radical (unpaired) electrons. The molecule has 8 heteroatoms. The third kappa shape index (κ3) is 3.05. The number of likely N-dealkylation sites (tertiary alicyclic amines) is 2. The van der Waals surface area contributed by atoms with E-state index in [4.69, 9.17) is 4.98 Å². The smallest absolute Gasteiger partial charge is 0.320 e. The van der Waals surface area contributed by atoms with Crippen molar-refractivity contribution in [1.82, 2.24) is 30.0 Å². The zero-order chi connectivity index (χ0) is 21.5. The summed E-state index contributed by atoms with van der Waals surface area (Å²) in [5.74, 6) is 3.47. The number of aromatic nitrogens is 4. The summed E-state index contributed by atoms with van der Waals surface area (Å²) in [6.07, 6.45) is 10.9. The molecule has 32 heavy (non-hydrogen) atoms. The third-order valence-electron chi connectivity index (χ3n) is 8.58. The van der Waals surface area contributed by atoms with Crippen LogP contribution in [0, 0.1) is 22.6 Å². The molecule has 0 aromatic carbocycles. The Morgan fingerprint density at radius 2 is 1.72 bits per heavy atom. The quantitative estimate of drug-likeness (QED) is 0.796. The molecule has 2 saturated heterocycles. The van der Waals surface area contributed by atoms with Crippen molar-refractivity contribution in [2.75, 3.05) is 26.2 Å². The Hall–Kier alpha value is -2.51. The molecular weight excluding hydrogens is 407 g/mol. The zero-order valence-electron chi connectivity index (χ0n) is 18.3. The number of hydrogen-bond donors (Lipinski definition) is 1. The Bertz CT molecular complexity index is 1050. The first-order valence-electron chi connectivity index (χ1n) is 12.0. The molecule has 7 rings (SSSR count). The van der Waals surface area contributed by atoms with Crippen LogP contribution >= 0.6 is 0 Å². The molecule has 5 aliphatic rings. The highest BCUT2D eigenvalue weighted by atomic mass is 19.1. The van der Waals surface area contributed by atoms with Gasteiger partial charge in [0.2, 0.25) is 0 Å². The maximum Gasteiger partial charge on any atom is 0.320 e. The van der Waals surface area contributed by atoms with Crippen LogP contribution < -0.4 is 0 Å². The van der Waals surface area contributed by atoms with Crippen LogP contribution in [-0.4, -0.2) is 62.2 Å². The van der Waals surface area contributed by atoms with Gasteiger partial charge in [-0.25, -0.2) is 14.2 Å². The Morgan fingerprint density at radius 3 is 2.38 bits per heavy atom. The van der Waals surface area contributed by atoms with Crippen molar-refractivity contribution in [3.8, 4) is 0 Å². The Balaban J connectivity index is 0.856. The second kappa shape index (κ2) is 6.51. The second-order valence-electron chi connectivity index (χ2n) is 11.4. The standard InChI is InChI=1S/C24H29FN6O/c25-19-4-15(9-26-10-19)3-16-5-23(6-16)11-30(12-23)22(32)31-13-24(14-31)7-18(8-24)21-27-20(28-29-21)17-1-2-17/h4,9-10,16-18H,1-3,5-8,11-14H2,(H,27,28,29). The van der Waals surface area contributed by atoms with Crippen LogP contribution in [0.3, 0.4) is 0 Å². The third-order valence-corrected chi connectivity index (χ3v) is 8.58. The topological polar surface area (TPSA) is 78.0 Å². The number of pyridine rings is 1. The number of halogens is 1. The minimum absolute atomic E-state index is 0.219.